The van der Waals surface area contributed by atoms with Gasteiger partial charge in [0.1, 0.15) is 6.33 Å². The molecule has 0 aliphatic carbocycles. The number of amides is 1. The maximum Gasteiger partial charge on any atom is 0.268 e. The number of hydrogen-bond donors (Lipinski definition) is 1. The highest BCUT2D eigenvalue weighted by atomic mass is 79.9. The molecule has 22 heavy (non-hydrogen) atoms. The van der Waals surface area contributed by atoms with Crippen LogP contribution in [0.15, 0.2) is 51.0 Å². The molecule has 0 spiro atoms. The molecular weight excluding hydrogens is 432 g/mol. The molecule has 0 bridgehead atoms. The summed E-state index contributed by atoms with van der Waals surface area (Å²) in [4.78, 5) is 16.7. The zero-order chi connectivity index (χ0) is 15.5. The molecule has 5 nitrogen and oxygen atoms in total. The minimum Gasteiger partial charge on any atom is -0.288 e. The van der Waals surface area contributed by atoms with Crippen LogP contribution in [0.3, 0.4) is 0 Å². The third-order valence-electron chi connectivity index (χ3n) is 2.82. The van der Waals surface area contributed by atoms with E-state index in [2.05, 4.69) is 47.3 Å². The van der Waals surface area contributed by atoms with Gasteiger partial charge in [-0.1, -0.05) is 28.1 Å². The van der Waals surface area contributed by atoms with Gasteiger partial charge in [-0.05, 0) is 45.8 Å². The minimum atomic E-state index is -0.211. The predicted octanol–water partition coefficient (Wildman–Crippen LogP) is 4.17. The lowest BCUT2D eigenvalue weighted by Gasteiger charge is -2.01. The Morgan fingerprint density at radius 2 is 1.95 bits per heavy atom. The second kappa shape index (κ2) is 6.72. The smallest absolute Gasteiger partial charge is 0.268 e. The largest absolute Gasteiger partial charge is 0.288 e. The number of benzene rings is 1. The van der Waals surface area contributed by atoms with Crippen molar-refractivity contribution in [3.8, 4) is 0 Å². The number of hydrogen-bond acceptors (Lipinski definition) is 4. The molecule has 2 aromatic heterocycles. The van der Waals surface area contributed by atoms with Gasteiger partial charge in [-0.2, -0.15) is 0 Å². The van der Waals surface area contributed by atoms with E-state index >= 15 is 0 Å². The zero-order valence-electron chi connectivity index (χ0n) is 11.2. The van der Waals surface area contributed by atoms with Crippen molar-refractivity contribution >= 4 is 55.1 Å². The summed E-state index contributed by atoms with van der Waals surface area (Å²) in [5, 5.41) is 6.94. The van der Waals surface area contributed by atoms with Crippen LogP contribution in [0.5, 0.6) is 0 Å². The van der Waals surface area contributed by atoms with Gasteiger partial charge in [0, 0.05) is 4.47 Å². The number of carbonyl (C=O) groups excluding carboxylic acids is 1. The van der Waals surface area contributed by atoms with Crippen molar-refractivity contribution in [2.45, 2.75) is 6.54 Å². The number of rotatable bonds is 4. The number of thiophene rings is 1. The van der Waals surface area contributed by atoms with Crippen LogP contribution in [0.2, 0.25) is 0 Å². The summed E-state index contributed by atoms with van der Waals surface area (Å²) in [6.07, 6.45) is 1.60. The summed E-state index contributed by atoms with van der Waals surface area (Å²) in [6, 6.07) is 11.6. The lowest BCUT2D eigenvalue weighted by Crippen LogP contribution is -2.12. The second-order valence-corrected chi connectivity index (χ2v) is 7.83. The molecule has 8 heteroatoms. The highest BCUT2D eigenvalue weighted by Crippen LogP contribution is 2.22. The first-order valence-corrected chi connectivity index (χ1v) is 8.71. The Morgan fingerprint density at radius 1 is 1.18 bits per heavy atom. The van der Waals surface area contributed by atoms with E-state index < -0.39 is 0 Å². The third-order valence-corrected chi connectivity index (χ3v) is 4.97. The van der Waals surface area contributed by atoms with Gasteiger partial charge < -0.3 is 0 Å². The maximum absolute atomic E-state index is 12.0. The van der Waals surface area contributed by atoms with Crippen LogP contribution in [-0.4, -0.2) is 20.7 Å². The highest BCUT2D eigenvalue weighted by Gasteiger charge is 2.11. The van der Waals surface area contributed by atoms with Crippen LogP contribution in [0.1, 0.15) is 15.2 Å². The van der Waals surface area contributed by atoms with E-state index in [1.807, 2.05) is 30.3 Å². The van der Waals surface area contributed by atoms with Crippen molar-refractivity contribution in [1.29, 1.82) is 0 Å². The summed E-state index contributed by atoms with van der Waals surface area (Å²) in [5.41, 5.74) is 1.10. The summed E-state index contributed by atoms with van der Waals surface area (Å²) in [6.45, 7) is 0.598. The molecule has 1 N–H and O–H groups in total. The summed E-state index contributed by atoms with van der Waals surface area (Å²) in [5.74, 6) is 0.0868. The van der Waals surface area contributed by atoms with Gasteiger partial charge in [-0.3, -0.25) is 10.1 Å². The molecule has 3 rings (SSSR count). The molecule has 0 saturated carbocycles. The van der Waals surface area contributed by atoms with Gasteiger partial charge in [-0.15, -0.1) is 16.4 Å². The highest BCUT2D eigenvalue weighted by molar-refractivity contribution is 9.11. The Labute approximate surface area is 147 Å². The quantitative estimate of drug-likeness (QED) is 0.661. The molecule has 1 amide bonds. The topological polar surface area (TPSA) is 59.8 Å². The van der Waals surface area contributed by atoms with Crippen molar-refractivity contribution in [3.63, 3.8) is 0 Å². The SMILES string of the molecule is O=C(Nc1ncn(Cc2ccc(Br)cc2)n1)c1ccc(Br)s1. The summed E-state index contributed by atoms with van der Waals surface area (Å²) < 4.78 is 3.62. The van der Waals surface area contributed by atoms with Crippen molar-refractivity contribution in [3.05, 3.63) is 61.4 Å². The predicted molar refractivity (Wildman–Crippen MR) is 93.2 cm³/mol. The fourth-order valence-corrected chi connectivity index (χ4v) is 3.35. The van der Waals surface area contributed by atoms with Gasteiger partial charge in [0.05, 0.1) is 15.2 Å². The Morgan fingerprint density at radius 3 is 2.64 bits per heavy atom. The Kier molecular flexibility index (Phi) is 4.70. The third kappa shape index (κ3) is 3.82. The second-order valence-electron chi connectivity index (χ2n) is 4.45. The van der Waals surface area contributed by atoms with Crippen molar-refractivity contribution in [2.75, 3.05) is 5.32 Å². The first-order valence-electron chi connectivity index (χ1n) is 6.31. The summed E-state index contributed by atoms with van der Waals surface area (Å²) >= 11 is 8.10. The fraction of sp³-hybridized carbons (Fsp3) is 0.0714. The molecule has 3 aromatic rings. The molecule has 0 aliphatic heterocycles. The molecular formula is C14H10Br2N4OS. The molecule has 2 heterocycles. The van der Waals surface area contributed by atoms with Crippen molar-refractivity contribution < 1.29 is 4.79 Å². The number of aromatic nitrogens is 3. The fourth-order valence-electron chi connectivity index (χ4n) is 1.80. The molecule has 0 aliphatic rings. The normalized spacial score (nSPS) is 10.6. The van der Waals surface area contributed by atoms with E-state index in [4.69, 9.17) is 0 Å². The number of nitrogens with one attached hydrogen (secondary N) is 1. The van der Waals surface area contributed by atoms with Crippen molar-refractivity contribution in [1.82, 2.24) is 14.8 Å². The minimum absolute atomic E-state index is 0.211. The monoisotopic (exact) mass is 440 g/mol. The number of carbonyl (C=O) groups is 1. The van der Waals surface area contributed by atoms with E-state index in [1.54, 1.807) is 17.1 Å². The lowest BCUT2D eigenvalue weighted by atomic mass is 10.2. The van der Waals surface area contributed by atoms with E-state index in [-0.39, 0.29) is 5.91 Å². The van der Waals surface area contributed by atoms with Crippen LogP contribution in [0.4, 0.5) is 5.95 Å². The number of halogens is 2. The Bertz CT molecular complexity index is 797. The van der Waals surface area contributed by atoms with Crippen LogP contribution >= 0.6 is 43.2 Å². The zero-order valence-corrected chi connectivity index (χ0v) is 15.2. The van der Waals surface area contributed by atoms with Crippen LogP contribution in [0, 0.1) is 0 Å². The van der Waals surface area contributed by atoms with E-state index in [0.717, 1.165) is 13.8 Å². The van der Waals surface area contributed by atoms with Crippen LogP contribution in [-0.2, 0) is 6.54 Å². The Balaban J connectivity index is 1.66. The van der Waals surface area contributed by atoms with Gasteiger partial charge in [0.15, 0.2) is 0 Å². The molecule has 112 valence electrons. The average Bonchev–Trinajstić information content (AvgIpc) is 3.11. The first kappa shape index (κ1) is 15.4. The van der Waals surface area contributed by atoms with Crippen LogP contribution < -0.4 is 5.32 Å². The molecule has 0 fully saturated rings. The van der Waals surface area contributed by atoms with Crippen molar-refractivity contribution in [2.24, 2.45) is 0 Å². The van der Waals surface area contributed by atoms with Gasteiger partial charge in [0.2, 0.25) is 5.95 Å². The molecule has 1 aromatic carbocycles. The number of nitrogens with zero attached hydrogens (tertiary/aromatic N) is 3. The van der Waals surface area contributed by atoms with E-state index in [1.165, 1.54) is 11.3 Å². The molecule has 0 unspecified atom stereocenters. The molecule has 0 radical (unpaired) electrons. The maximum atomic E-state index is 12.0. The number of anilines is 1. The van der Waals surface area contributed by atoms with Crippen LogP contribution in [0.25, 0.3) is 0 Å². The molecule has 0 saturated heterocycles. The standard InChI is InChI=1S/C14H10Br2N4OS/c15-10-3-1-9(2-4-10)7-20-8-17-14(19-20)18-13(21)11-5-6-12(16)22-11/h1-6,8H,7H2,(H,18,19,21). The molecule has 0 atom stereocenters. The Hall–Kier alpha value is -1.51. The lowest BCUT2D eigenvalue weighted by molar-refractivity contribution is 0.102. The van der Waals surface area contributed by atoms with Gasteiger partial charge >= 0.3 is 0 Å². The van der Waals surface area contributed by atoms with E-state index in [9.17, 15) is 4.79 Å². The van der Waals surface area contributed by atoms with Gasteiger partial charge in [-0.25, -0.2) is 9.67 Å². The average molecular weight is 442 g/mol. The van der Waals surface area contributed by atoms with Gasteiger partial charge in [0.25, 0.3) is 5.91 Å². The van der Waals surface area contributed by atoms with E-state index in [0.29, 0.717) is 17.4 Å². The summed E-state index contributed by atoms with van der Waals surface area (Å²) in [7, 11) is 0. The first-order chi connectivity index (χ1) is 10.6.